The van der Waals surface area contributed by atoms with E-state index in [-0.39, 0.29) is 18.6 Å². The second-order valence-corrected chi connectivity index (χ2v) is 2.27. The molecular weight excluding hydrogens is 193 g/mol. The fourth-order valence-electron chi connectivity index (χ4n) is 1.07. The topological polar surface area (TPSA) is 48.2 Å². The number of carbonyl (C=O) groups excluding carboxylic acids is 2. The van der Waals surface area contributed by atoms with E-state index in [0.717, 1.165) is 0 Å². The molecule has 1 aliphatic rings. The Bertz CT molecular complexity index is 316. The van der Waals surface area contributed by atoms with Crippen LogP contribution in [-0.2, 0) is 18.6 Å². The van der Waals surface area contributed by atoms with Crippen molar-refractivity contribution < 1.29 is 28.1 Å². The predicted octanol–water partition coefficient (Wildman–Crippen LogP) is 1.35. The number of hydrogen-bond donors (Lipinski definition) is 0. The van der Waals surface area contributed by atoms with E-state index in [0.29, 0.717) is 11.1 Å². The summed E-state index contributed by atoms with van der Waals surface area (Å²) in [5, 5.41) is 3.28. The van der Waals surface area contributed by atoms with E-state index >= 15 is 0 Å². The van der Waals surface area contributed by atoms with E-state index in [9.17, 15) is 9.59 Å². The smallest absolute Gasteiger partial charge is 0.0883 e. The summed E-state index contributed by atoms with van der Waals surface area (Å²) in [6.07, 6.45) is 0. The molecular formula is C8H4NO2V-. The molecule has 0 saturated carbocycles. The van der Waals surface area contributed by atoms with Crippen molar-refractivity contribution >= 4 is 11.8 Å². The molecule has 3 nitrogen and oxygen atoms in total. The first kappa shape index (κ1) is 9.04. The van der Waals surface area contributed by atoms with Gasteiger partial charge in [0.05, 0.1) is 11.8 Å². The van der Waals surface area contributed by atoms with E-state index < -0.39 is 11.8 Å². The molecule has 1 radical (unpaired) electrons. The quantitative estimate of drug-likeness (QED) is 0.589. The average Bonchev–Trinajstić information content (AvgIpc) is 2.30. The third kappa shape index (κ3) is 1.17. The van der Waals surface area contributed by atoms with Crippen molar-refractivity contribution in [3.63, 3.8) is 0 Å². The van der Waals surface area contributed by atoms with Crippen LogP contribution in [0.1, 0.15) is 20.7 Å². The summed E-state index contributed by atoms with van der Waals surface area (Å²) >= 11 is 0. The molecule has 0 atom stereocenters. The molecule has 0 saturated heterocycles. The Kier molecular flexibility index (Phi) is 2.36. The molecule has 0 aromatic heterocycles. The third-order valence-electron chi connectivity index (χ3n) is 1.59. The minimum atomic E-state index is -0.425. The minimum absolute atomic E-state index is 0. The van der Waals surface area contributed by atoms with Gasteiger partial charge >= 0.3 is 0 Å². The van der Waals surface area contributed by atoms with Crippen LogP contribution in [0.3, 0.4) is 0 Å². The number of amides is 2. The number of nitrogens with zero attached hydrogens (tertiary/aromatic N) is 1. The van der Waals surface area contributed by atoms with Crippen LogP contribution in [-0.4, -0.2) is 11.8 Å². The zero-order chi connectivity index (χ0) is 7.84. The fraction of sp³-hybridized carbons (Fsp3) is 0. The van der Waals surface area contributed by atoms with Crippen LogP contribution in [0.15, 0.2) is 24.3 Å². The summed E-state index contributed by atoms with van der Waals surface area (Å²) in [4.78, 5) is 21.8. The van der Waals surface area contributed by atoms with E-state index in [1.165, 1.54) is 0 Å². The summed E-state index contributed by atoms with van der Waals surface area (Å²) in [7, 11) is 0. The molecule has 1 aliphatic heterocycles. The standard InChI is InChI=1S/C8H5NO2.V/c10-7-5-3-1-2-4-6(5)8(11)9-7;/h1-4H,(H,9,10,11);/p-1. The van der Waals surface area contributed by atoms with Crippen molar-refractivity contribution in [2.45, 2.75) is 0 Å². The summed E-state index contributed by atoms with van der Waals surface area (Å²) < 4.78 is 0. The zero-order valence-electron chi connectivity index (χ0n) is 6.02. The molecule has 0 aliphatic carbocycles. The number of imide groups is 1. The first-order valence-electron chi connectivity index (χ1n) is 3.18. The Balaban J connectivity index is 0.000000720. The van der Waals surface area contributed by atoms with Crippen LogP contribution < -0.4 is 0 Å². The van der Waals surface area contributed by atoms with E-state index in [4.69, 9.17) is 0 Å². The maximum absolute atomic E-state index is 10.9. The van der Waals surface area contributed by atoms with Crippen LogP contribution in [0, 0.1) is 0 Å². The zero-order valence-corrected chi connectivity index (χ0v) is 7.42. The Morgan fingerprint density at radius 3 is 1.75 bits per heavy atom. The van der Waals surface area contributed by atoms with Crippen LogP contribution >= 0.6 is 0 Å². The van der Waals surface area contributed by atoms with Crippen LogP contribution in [0.5, 0.6) is 0 Å². The van der Waals surface area contributed by atoms with E-state index in [1.54, 1.807) is 24.3 Å². The Morgan fingerprint density at radius 1 is 0.917 bits per heavy atom. The van der Waals surface area contributed by atoms with Crippen molar-refractivity contribution in [3.05, 3.63) is 40.7 Å². The molecule has 4 heteroatoms. The number of fused-ring (bicyclic) bond motifs is 1. The summed E-state index contributed by atoms with van der Waals surface area (Å²) in [6.45, 7) is 0. The van der Waals surface area contributed by atoms with Crippen LogP contribution in [0.25, 0.3) is 5.32 Å². The van der Waals surface area contributed by atoms with Gasteiger partial charge in [0.2, 0.25) is 0 Å². The second kappa shape index (κ2) is 3.13. The first-order valence-corrected chi connectivity index (χ1v) is 3.18. The van der Waals surface area contributed by atoms with E-state index in [1.807, 2.05) is 0 Å². The van der Waals surface area contributed by atoms with Gasteiger partial charge in [0.1, 0.15) is 0 Å². The molecule has 0 unspecified atom stereocenters. The van der Waals surface area contributed by atoms with Crippen LogP contribution in [0.4, 0.5) is 0 Å². The number of hydrogen-bond acceptors (Lipinski definition) is 2. The van der Waals surface area contributed by atoms with Gasteiger partial charge in [0.25, 0.3) is 0 Å². The molecule has 1 heterocycles. The van der Waals surface area contributed by atoms with Gasteiger partial charge in [-0.1, -0.05) is 24.3 Å². The maximum atomic E-state index is 10.9. The van der Waals surface area contributed by atoms with Gasteiger partial charge in [0, 0.05) is 29.7 Å². The first-order chi connectivity index (χ1) is 5.29. The monoisotopic (exact) mass is 197 g/mol. The van der Waals surface area contributed by atoms with Crippen molar-refractivity contribution in [1.29, 1.82) is 0 Å². The van der Waals surface area contributed by atoms with Crippen LogP contribution in [0.2, 0.25) is 0 Å². The maximum Gasteiger partial charge on any atom is 0.0883 e. The second-order valence-electron chi connectivity index (χ2n) is 2.27. The molecule has 0 spiro atoms. The fourth-order valence-corrected chi connectivity index (χ4v) is 1.07. The molecule has 0 N–H and O–H groups in total. The molecule has 0 bridgehead atoms. The van der Waals surface area contributed by atoms with E-state index in [2.05, 4.69) is 5.32 Å². The SMILES string of the molecule is O=C1[N-]C(=O)c2ccccc21.[V]. The van der Waals surface area contributed by atoms with Gasteiger partial charge in [-0.05, 0) is 0 Å². The van der Waals surface area contributed by atoms with Gasteiger partial charge in [-0.2, -0.15) is 0 Å². The van der Waals surface area contributed by atoms with Gasteiger partial charge in [-0.25, -0.2) is 0 Å². The average molecular weight is 197 g/mol. The molecule has 2 rings (SSSR count). The predicted molar refractivity (Wildman–Crippen MR) is 38.5 cm³/mol. The van der Waals surface area contributed by atoms with Crippen molar-refractivity contribution in [1.82, 2.24) is 0 Å². The van der Waals surface area contributed by atoms with Gasteiger partial charge in [-0.3, -0.25) is 0 Å². The summed E-state index contributed by atoms with van der Waals surface area (Å²) in [6, 6.07) is 6.63. The summed E-state index contributed by atoms with van der Waals surface area (Å²) in [5.74, 6) is -0.851. The van der Waals surface area contributed by atoms with Gasteiger partial charge < -0.3 is 14.9 Å². The minimum Gasteiger partial charge on any atom is -0.587 e. The number of benzene rings is 1. The number of rotatable bonds is 0. The van der Waals surface area contributed by atoms with Crippen molar-refractivity contribution in [2.75, 3.05) is 0 Å². The molecule has 1 aromatic rings. The number of carbonyl (C=O) groups is 2. The molecule has 12 heavy (non-hydrogen) atoms. The summed E-state index contributed by atoms with van der Waals surface area (Å²) in [5.41, 5.74) is 0.829. The molecule has 2 amide bonds. The van der Waals surface area contributed by atoms with Crippen molar-refractivity contribution in [2.24, 2.45) is 0 Å². The Morgan fingerprint density at radius 2 is 1.33 bits per heavy atom. The Labute approximate surface area is 81.0 Å². The molecule has 1 aromatic carbocycles. The Hall–Kier alpha value is -1.06. The van der Waals surface area contributed by atoms with Gasteiger partial charge in [0.15, 0.2) is 0 Å². The third-order valence-corrected chi connectivity index (χ3v) is 1.59. The normalized spacial score (nSPS) is 13.3. The van der Waals surface area contributed by atoms with Crippen molar-refractivity contribution in [3.8, 4) is 0 Å². The van der Waals surface area contributed by atoms with Gasteiger partial charge in [-0.15, -0.1) is 0 Å². The molecule has 0 fully saturated rings. The molecule has 59 valence electrons. The largest absolute Gasteiger partial charge is 0.587 e.